The molecule has 1 aliphatic rings. The average molecular weight is 443 g/mol. The Labute approximate surface area is 174 Å². The summed E-state index contributed by atoms with van der Waals surface area (Å²) in [5.74, 6) is 0.321. The van der Waals surface area contributed by atoms with E-state index in [4.69, 9.17) is 30.0 Å². The summed E-state index contributed by atoms with van der Waals surface area (Å²) >= 11 is 0. The van der Waals surface area contributed by atoms with E-state index in [0.29, 0.717) is 17.6 Å². The van der Waals surface area contributed by atoms with Crippen molar-refractivity contribution in [2.75, 3.05) is 18.6 Å². The lowest BCUT2D eigenvalue weighted by Crippen LogP contribution is -2.37. The molecule has 1 aliphatic heterocycles. The van der Waals surface area contributed by atoms with Gasteiger partial charge in [-0.25, -0.2) is 4.98 Å². The van der Waals surface area contributed by atoms with Crippen LogP contribution in [0.3, 0.4) is 0 Å². The maximum atomic E-state index is 12.4. The number of ether oxygens (including phenoxy) is 2. The molecule has 0 aromatic carbocycles. The van der Waals surface area contributed by atoms with E-state index in [2.05, 4.69) is 15.0 Å². The van der Waals surface area contributed by atoms with Crippen LogP contribution in [0.25, 0.3) is 11.2 Å². The Morgan fingerprint density at radius 3 is 2.57 bits per heavy atom. The van der Waals surface area contributed by atoms with Crippen LogP contribution in [0.5, 0.6) is 0 Å². The Hall–Kier alpha value is -1.82. The second-order valence-corrected chi connectivity index (χ2v) is 9.17. The zero-order chi connectivity index (χ0) is 22.2. The molecule has 12 nitrogen and oxygen atoms in total. The summed E-state index contributed by atoms with van der Waals surface area (Å²) < 4.78 is 36.2. The first-order valence-electron chi connectivity index (χ1n) is 9.64. The van der Waals surface area contributed by atoms with E-state index in [1.807, 2.05) is 13.8 Å². The zero-order valence-corrected chi connectivity index (χ0v) is 18.5. The molecule has 1 fully saturated rings. The summed E-state index contributed by atoms with van der Waals surface area (Å²) in [5, 5.41) is 0. The second kappa shape index (κ2) is 8.74. The number of hydrogen-bond acceptors (Lipinski definition) is 11. The third-order valence-corrected chi connectivity index (χ3v) is 5.77. The van der Waals surface area contributed by atoms with E-state index in [1.165, 1.54) is 13.4 Å². The van der Waals surface area contributed by atoms with Gasteiger partial charge in [0.05, 0.1) is 18.5 Å². The van der Waals surface area contributed by atoms with Crippen molar-refractivity contribution in [2.45, 2.75) is 64.8 Å². The number of methoxy groups -OCH3 is 1. The summed E-state index contributed by atoms with van der Waals surface area (Å²) in [7, 11) is -3.15. The quantitative estimate of drug-likeness (QED) is 0.562. The van der Waals surface area contributed by atoms with Gasteiger partial charge in [0.15, 0.2) is 17.7 Å². The van der Waals surface area contributed by atoms with Crippen LogP contribution in [0, 0.1) is 5.92 Å². The fourth-order valence-electron chi connectivity index (χ4n) is 3.54. The molecule has 0 aliphatic carbocycles. The number of nitrogens with two attached hydrogens (primary N) is 2. The normalized spacial score (nSPS) is 26.7. The molecule has 168 valence electrons. The van der Waals surface area contributed by atoms with E-state index in [-0.39, 0.29) is 17.7 Å². The van der Waals surface area contributed by atoms with Gasteiger partial charge in [0, 0.05) is 7.11 Å². The fraction of sp³-hybridized carbons (Fsp3) is 0.706. The highest BCUT2D eigenvalue weighted by molar-refractivity contribution is 7.45. The van der Waals surface area contributed by atoms with Crippen molar-refractivity contribution >= 4 is 30.8 Å². The summed E-state index contributed by atoms with van der Waals surface area (Å²) in [6, 6.07) is 0. The van der Waals surface area contributed by atoms with E-state index in [1.54, 1.807) is 18.4 Å². The number of rotatable bonds is 8. The Kier molecular flexibility index (Phi) is 6.66. The number of aromatic nitrogens is 4. The van der Waals surface area contributed by atoms with Crippen molar-refractivity contribution in [3.63, 3.8) is 0 Å². The second-order valence-electron chi connectivity index (χ2n) is 7.86. The predicted molar refractivity (Wildman–Crippen MR) is 107 cm³/mol. The summed E-state index contributed by atoms with van der Waals surface area (Å²) in [4.78, 5) is 24.7. The highest BCUT2D eigenvalue weighted by atomic mass is 31.2. The first-order valence-corrected chi connectivity index (χ1v) is 11.1. The number of phosphoric ester groups is 1. The van der Waals surface area contributed by atoms with Gasteiger partial charge in [0.2, 0.25) is 5.95 Å². The van der Waals surface area contributed by atoms with Crippen molar-refractivity contribution in [1.29, 1.82) is 0 Å². The molecule has 0 spiro atoms. The van der Waals surface area contributed by atoms with Gasteiger partial charge in [-0.05, 0) is 26.2 Å². The van der Waals surface area contributed by atoms with Gasteiger partial charge in [-0.15, -0.1) is 0 Å². The summed E-state index contributed by atoms with van der Waals surface area (Å²) in [5.41, 5.74) is 12.3. The molecule has 1 saturated heterocycles. The number of anilines is 2. The molecule has 13 heteroatoms. The molecule has 3 rings (SSSR count). The summed E-state index contributed by atoms with van der Waals surface area (Å²) in [6.07, 6.45) is -1.62. The molecule has 0 amide bonds. The van der Waals surface area contributed by atoms with Crippen molar-refractivity contribution < 1.29 is 28.0 Å². The molecule has 3 heterocycles. The Balaban J connectivity index is 1.99. The van der Waals surface area contributed by atoms with Crippen molar-refractivity contribution in [2.24, 2.45) is 5.92 Å². The maximum absolute atomic E-state index is 12.4. The molecular weight excluding hydrogens is 415 g/mol. The molecule has 2 aromatic heterocycles. The highest BCUT2D eigenvalue weighted by Crippen LogP contribution is 2.47. The average Bonchev–Trinajstić information content (AvgIpc) is 3.14. The molecule has 0 bridgehead atoms. The number of nitrogen functional groups attached to an aromatic ring is 2. The maximum Gasteiger partial charge on any atom is 0.268 e. The molecule has 2 unspecified atom stereocenters. The van der Waals surface area contributed by atoms with Gasteiger partial charge in [-0.2, -0.15) is 9.97 Å². The molecule has 5 atom stereocenters. The number of imidazole rings is 1. The minimum absolute atomic E-state index is 0.0189. The number of nitrogens with zero attached hydrogens (tertiary/aromatic N) is 4. The molecule has 0 radical (unpaired) electrons. The number of phosphoric acid groups is 1. The van der Waals surface area contributed by atoms with Crippen LogP contribution < -0.4 is 16.4 Å². The molecule has 0 saturated carbocycles. The molecular formula is C17H28N6O6P-. The molecule has 2 aromatic rings. The van der Waals surface area contributed by atoms with Gasteiger partial charge in [0.1, 0.15) is 17.7 Å². The van der Waals surface area contributed by atoms with Crippen LogP contribution in [-0.4, -0.2) is 51.0 Å². The largest absolute Gasteiger partial charge is 0.756 e. The minimum atomic E-state index is -4.60. The third-order valence-electron chi connectivity index (χ3n) is 4.59. The van der Waals surface area contributed by atoms with E-state index in [9.17, 15) is 9.46 Å². The van der Waals surface area contributed by atoms with Gasteiger partial charge in [0.25, 0.3) is 7.82 Å². The van der Waals surface area contributed by atoms with Crippen molar-refractivity contribution in [1.82, 2.24) is 19.5 Å². The lowest BCUT2D eigenvalue weighted by Gasteiger charge is -2.32. The zero-order valence-electron chi connectivity index (χ0n) is 17.6. The van der Waals surface area contributed by atoms with Crippen LogP contribution in [0.15, 0.2) is 6.33 Å². The topological polar surface area (TPSA) is 173 Å². The van der Waals surface area contributed by atoms with Gasteiger partial charge < -0.3 is 34.9 Å². The van der Waals surface area contributed by atoms with E-state index >= 15 is 0 Å². The predicted octanol–water partition coefficient (Wildman–Crippen LogP) is 1.23. The third kappa shape index (κ3) is 4.74. The lowest BCUT2D eigenvalue weighted by molar-refractivity contribution is -0.236. The minimum Gasteiger partial charge on any atom is -0.756 e. The first-order chi connectivity index (χ1) is 14.0. The van der Waals surface area contributed by atoms with Gasteiger partial charge in [-0.1, -0.05) is 13.8 Å². The van der Waals surface area contributed by atoms with E-state index < -0.39 is 38.5 Å². The van der Waals surface area contributed by atoms with Gasteiger partial charge >= 0.3 is 0 Å². The smallest absolute Gasteiger partial charge is 0.268 e. The lowest BCUT2D eigenvalue weighted by atomic mass is 10.0. The van der Waals surface area contributed by atoms with Crippen molar-refractivity contribution in [3.8, 4) is 0 Å². The van der Waals surface area contributed by atoms with Gasteiger partial charge in [-0.3, -0.25) is 9.13 Å². The first kappa shape index (κ1) is 22.9. The van der Waals surface area contributed by atoms with Crippen LogP contribution in [-0.2, 0) is 23.1 Å². The van der Waals surface area contributed by atoms with Crippen molar-refractivity contribution in [3.05, 3.63) is 6.33 Å². The monoisotopic (exact) mass is 443 g/mol. The SMILES string of the molecule is COC1[C@@H](OP(=O)([O-])OC(C)C)[C@@H](CC(C)C)O[C@H]1n1cnc2c(N)nc(N)nc21. The fourth-order valence-corrected chi connectivity index (χ4v) is 4.66. The Bertz CT molecular complexity index is 937. The van der Waals surface area contributed by atoms with Crippen LogP contribution in [0.4, 0.5) is 11.8 Å². The molecule has 30 heavy (non-hydrogen) atoms. The highest BCUT2D eigenvalue weighted by Gasteiger charge is 2.49. The van der Waals surface area contributed by atoms with E-state index in [0.717, 1.165) is 0 Å². The standard InChI is InChI=1S/C17H29N6O6P/c1-8(2)6-10-12(29-30(24,25)28-9(3)4)13(26-5)16(27-10)23-7-20-11-14(18)21-17(19)22-15(11)23/h7-10,12-13,16H,6H2,1-5H3,(H,24,25)(H4,18,19,21,22)/p-1/t10-,12+,13?,16-/m1/s1. The summed E-state index contributed by atoms with van der Waals surface area (Å²) in [6.45, 7) is 7.21. The number of hydrogen-bond donors (Lipinski definition) is 2. The Morgan fingerprint density at radius 1 is 1.27 bits per heavy atom. The van der Waals surface area contributed by atoms with Crippen LogP contribution >= 0.6 is 7.82 Å². The number of fused-ring (bicyclic) bond motifs is 1. The molecule has 4 N–H and O–H groups in total. The van der Waals surface area contributed by atoms with Crippen LogP contribution in [0.2, 0.25) is 0 Å². The Morgan fingerprint density at radius 2 is 1.97 bits per heavy atom. The van der Waals surface area contributed by atoms with Crippen LogP contribution in [0.1, 0.15) is 40.3 Å².